The molecule has 0 saturated heterocycles. The van der Waals surface area contributed by atoms with E-state index in [0.29, 0.717) is 19.5 Å². The zero-order valence-electron chi connectivity index (χ0n) is 14.9. The first-order valence-corrected chi connectivity index (χ1v) is 8.63. The molecule has 1 aliphatic rings. The van der Waals surface area contributed by atoms with Crippen LogP contribution in [-0.4, -0.2) is 23.4 Å². The molecule has 5 nitrogen and oxygen atoms in total. The van der Waals surface area contributed by atoms with Crippen molar-refractivity contribution in [3.63, 3.8) is 0 Å². The number of rotatable bonds is 3. The number of carbonyl (C=O) groups is 2. The third kappa shape index (κ3) is 4.02. The number of benzene rings is 2. The van der Waals surface area contributed by atoms with E-state index in [1.807, 2.05) is 25.1 Å². The van der Waals surface area contributed by atoms with Crippen LogP contribution in [-0.2, 0) is 17.8 Å². The maximum atomic E-state index is 13.0. The SMILES string of the molecule is CC(=O)Nc1cccc2c1CCN(C(=O)N[C@H](C)c1ccc(F)cc1)C2. The van der Waals surface area contributed by atoms with Gasteiger partial charge < -0.3 is 15.5 Å². The number of anilines is 1. The summed E-state index contributed by atoms with van der Waals surface area (Å²) in [4.78, 5) is 25.7. The van der Waals surface area contributed by atoms with E-state index in [-0.39, 0.29) is 23.8 Å². The van der Waals surface area contributed by atoms with E-state index in [9.17, 15) is 14.0 Å². The Balaban J connectivity index is 1.67. The third-order valence-electron chi connectivity index (χ3n) is 4.57. The highest BCUT2D eigenvalue weighted by molar-refractivity contribution is 5.90. The smallest absolute Gasteiger partial charge is 0.318 e. The fraction of sp³-hybridized carbons (Fsp3) is 0.300. The summed E-state index contributed by atoms with van der Waals surface area (Å²) in [5, 5.41) is 5.80. The van der Waals surface area contributed by atoms with Gasteiger partial charge in [-0.2, -0.15) is 0 Å². The Kier molecular flexibility index (Phi) is 5.21. The summed E-state index contributed by atoms with van der Waals surface area (Å²) in [6.45, 7) is 4.42. The zero-order valence-corrected chi connectivity index (χ0v) is 14.9. The molecule has 0 radical (unpaired) electrons. The molecule has 1 aliphatic heterocycles. The topological polar surface area (TPSA) is 61.4 Å². The molecule has 2 aromatic rings. The molecule has 0 fully saturated rings. The van der Waals surface area contributed by atoms with Gasteiger partial charge in [0, 0.05) is 25.7 Å². The lowest BCUT2D eigenvalue weighted by Gasteiger charge is -2.31. The molecule has 26 heavy (non-hydrogen) atoms. The number of carbonyl (C=O) groups excluding carboxylic acids is 2. The second kappa shape index (κ2) is 7.56. The van der Waals surface area contributed by atoms with Gasteiger partial charge in [0.1, 0.15) is 5.82 Å². The quantitative estimate of drug-likeness (QED) is 0.883. The number of hydrogen-bond acceptors (Lipinski definition) is 2. The van der Waals surface area contributed by atoms with E-state index in [1.54, 1.807) is 17.0 Å². The Morgan fingerprint density at radius 3 is 2.58 bits per heavy atom. The minimum absolute atomic E-state index is 0.105. The van der Waals surface area contributed by atoms with Crippen molar-refractivity contribution < 1.29 is 14.0 Å². The van der Waals surface area contributed by atoms with Crippen molar-refractivity contribution >= 4 is 17.6 Å². The van der Waals surface area contributed by atoms with E-state index < -0.39 is 0 Å². The number of hydrogen-bond donors (Lipinski definition) is 2. The van der Waals surface area contributed by atoms with E-state index in [2.05, 4.69) is 10.6 Å². The lowest BCUT2D eigenvalue weighted by Crippen LogP contribution is -2.43. The molecule has 0 unspecified atom stereocenters. The van der Waals surface area contributed by atoms with Crippen molar-refractivity contribution in [2.45, 2.75) is 32.9 Å². The van der Waals surface area contributed by atoms with Crippen molar-refractivity contribution in [1.82, 2.24) is 10.2 Å². The normalized spacial score (nSPS) is 14.3. The average molecular weight is 355 g/mol. The molecule has 0 aliphatic carbocycles. The number of urea groups is 1. The van der Waals surface area contributed by atoms with Crippen molar-refractivity contribution in [1.29, 1.82) is 0 Å². The van der Waals surface area contributed by atoms with E-state index >= 15 is 0 Å². The summed E-state index contributed by atoms with van der Waals surface area (Å²) in [6, 6.07) is 11.5. The number of halogens is 1. The number of fused-ring (bicyclic) bond motifs is 1. The third-order valence-corrected chi connectivity index (χ3v) is 4.57. The minimum atomic E-state index is -0.296. The van der Waals surface area contributed by atoms with E-state index in [0.717, 1.165) is 22.4 Å². The van der Waals surface area contributed by atoms with Crippen LogP contribution < -0.4 is 10.6 Å². The van der Waals surface area contributed by atoms with Crippen molar-refractivity contribution in [3.05, 3.63) is 65.0 Å². The fourth-order valence-electron chi connectivity index (χ4n) is 3.20. The Morgan fingerprint density at radius 2 is 1.88 bits per heavy atom. The molecule has 0 bridgehead atoms. The van der Waals surface area contributed by atoms with Gasteiger partial charge in [0.05, 0.1) is 6.04 Å². The van der Waals surface area contributed by atoms with Crippen LogP contribution >= 0.6 is 0 Å². The monoisotopic (exact) mass is 355 g/mol. The average Bonchev–Trinajstić information content (AvgIpc) is 2.61. The van der Waals surface area contributed by atoms with Crippen molar-refractivity contribution in [3.8, 4) is 0 Å². The van der Waals surface area contributed by atoms with Gasteiger partial charge in [-0.05, 0) is 48.2 Å². The zero-order chi connectivity index (χ0) is 18.7. The van der Waals surface area contributed by atoms with Crippen LogP contribution in [0.2, 0.25) is 0 Å². The maximum absolute atomic E-state index is 13.0. The summed E-state index contributed by atoms with van der Waals surface area (Å²) < 4.78 is 13.0. The molecule has 1 atom stereocenters. The van der Waals surface area contributed by atoms with Gasteiger partial charge in [-0.1, -0.05) is 24.3 Å². The van der Waals surface area contributed by atoms with Crippen molar-refractivity contribution in [2.75, 3.05) is 11.9 Å². The maximum Gasteiger partial charge on any atom is 0.318 e. The molecule has 3 amide bonds. The Morgan fingerprint density at radius 1 is 1.15 bits per heavy atom. The predicted octanol–water partition coefficient (Wildman–Crippen LogP) is 3.61. The minimum Gasteiger partial charge on any atom is -0.331 e. The van der Waals surface area contributed by atoms with E-state index in [1.165, 1.54) is 19.1 Å². The Labute approximate surface area is 152 Å². The molecule has 1 heterocycles. The summed E-state index contributed by atoms with van der Waals surface area (Å²) in [6.07, 6.45) is 0.685. The van der Waals surface area contributed by atoms with Crippen LogP contribution in [0, 0.1) is 5.82 Å². The first-order chi connectivity index (χ1) is 12.4. The highest BCUT2D eigenvalue weighted by atomic mass is 19.1. The van der Waals surface area contributed by atoms with Crippen molar-refractivity contribution in [2.24, 2.45) is 0 Å². The van der Waals surface area contributed by atoms with Gasteiger partial charge in [-0.15, -0.1) is 0 Å². The van der Waals surface area contributed by atoms with Gasteiger partial charge >= 0.3 is 6.03 Å². The van der Waals surface area contributed by atoms with Gasteiger partial charge in [-0.3, -0.25) is 4.79 Å². The lowest BCUT2D eigenvalue weighted by molar-refractivity contribution is -0.114. The molecule has 3 rings (SSSR count). The molecule has 2 N–H and O–H groups in total. The summed E-state index contributed by atoms with van der Waals surface area (Å²) in [5.74, 6) is -0.401. The number of nitrogens with one attached hydrogen (secondary N) is 2. The van der Waals surface area contributed by atoms with Crippen LogP contribution in [0.5, 0.6) is 0 Å². The highest BCUT2D eigenvalue weighted by Crippen LogP contribution is 2.26. The molecule has 0 saturated carbocycles. The highest BCUT2D eigenvalue weighted by Gasteiger charge is 2.23. The second-order valence-corrected chi connectivity index (χ2v) is 6.52. The van der Waals surface area contributed by atoms with E-state index in [4.69, 9.17) is 0 Å². The second-order valence-electron chi connectivity index (χ2n) is 6.52. The van der Waals surface area contributed by atoms with Gasteiger partial charge in [0.15, 0.2) is 0 Å². The van der Waals surface area contributed by atoms with Gasteiger partial charge in [0.25, 0.3) is 0 Å². The standard InChI is InChI=1S/C20H22FN3O2/c1-13(15-6-8-17(21)9-7-15)22-20(26)24-11-10-18-16(12-24)4-3-5-19(18)23-14(2)25/h3-9,13H,10-12H2,1-2H3,(H,22,26)(H,23,25)/t13-/m1/s1. The van der Waals surface area contributed by atoms with Crippen LogP contribution in [0.25, 0.3) is 0 Å². The molecular formula is C20H22FN3O2. The predicted molar refractivity (Wildman–Crippen MR) is 98.2 cm³/mol. The van der Waals surface area contributed by atoms with Crippen LogP contribution in [0.1, 0.15) is 36.6 Å². The van der Waals surface area contributed by atoms with Gasteiger partial charge in [0.2, 0.25) is 5.91 Å². The lowest BCUT2D eigenvalue weighted by atomic mass is 9.98. The van der Waals surface area contributed by atoms with Gasteiger partial charge in [-0.25, -0.2) is 9.18 Å². The summed E-state index contributed by atoms with van der Waals surface area (Å²) in [7, 11) is 0. The summed E-state index contributed by atoms with van der Waals surface area (Å²) in [5.41, 5.74) is 3.78. The summed E-state index contributed by atoms with van der Waals surface area (Å²) >= 11 is 0. The Hall–Kier alpha value is -2.89. The molecule has 0 aromatic heterocycles. The number of nitrogens with zero attached hydrogens (tertiary/aromatic N) is 1. The van der Waals surface area contributed by atoms with Crippen LogP contribution in [0.3, 0.4) is 0 Å². The number of amides is 3. The van der Waals surface area contributed by atoms with Crippen LogP contribution in [0.4, 0.5) is 14.9 Å². The molecule has 2 aromatic carbocycles. The Bertz CT molecular complexity index is 820. The first-order valence-electron chi connectivity index (χ1n) is 8.63. The fourth-order valence-corrected chi connectivity index (χ4v) is 3.20. The van der Waals surface area contributed by atoms with Crippen LogP contribution in [0.15, 0.2) is 42.5 Å². The molecule has 136 valence electrons. The largest absolute Gasteiger partial charge is 0.331 e. The molecule has 0 spiro atoms. The molecular weight excluding hydrogens is 333 g/mol. The first kappa shape index (κ1) is 17.9. The molecule has 6 heteroatoms.